The predicted octanol–water partition coefficient (Wildman–Crippen LogP) is 11.4. The van der Waals surface area contributed by atoms with Crippen LogP contribution < -0.4 is 4.90 Å². The maximum absolute atomic E-state index is 6.98. The molecule has 5 nitrogen and oxygen atoms in total. The molecular formula is C43H28N4O. The van der Waals surface area contributed by atoms with Gasteiger partial charge in [0.15, 0.2) is 17.5 Å². The monoisotopic (exact) mass is 616 g/mol. The summed E-state index contributed by atoms with van der Waals surface area (Å²) >= 11 is 0. The summed E-state index contributed by atoms with van der Waals surface area (Å²) < 4.78 is 6.98. The Morgan fingerprint density at radius 2 is 0.917 bits per heavy atom. The molecule has 0 saturated carbocycles. The van der Waals surface area contributed by atoms with Crippen molar-refractivity contribution in [2.75, 3.05) is 4.90 Å². The summed E-state index contributed by atoms with van der Waals surface area (Å²) in [6.07, 6.45) is 0. The largest absolute Gasteiger partial charge is 0.455 e. The molecule has 0 saturated heterocycles. The molecule has 0 unspecified atom stereocenters. The molecule has 226 valence electrons. The van der Waals surface area contributed by atoms with E-state index < -0.39 is 0 Å². The highest BCUT2D eigenvalue weighted by atomic mass is 16.3. The lowest BCUT2D eigenvalue weighted by molar-refractivity contribution is 0.673. The van der Waals surface area contributed by atoms with Gasteiger partial charge in [0.05, 0.1) is 16.6 Å². The summed E-state index contributed by atoms with van der Waals surface area (Å²) in [5, 5.41) is 4.15. The zero-order valence-corrected chi connectivity index (χ0v) is 25.9. The van der Waals surface area contributed by atoms with Crippen molar-refractivity contribution < 1.29 is 4.42 Å². The zero-order valence-electron chi connectivity index (χ0n) is 25.9. The maximum atomic E-state index is 6.98. The molecule has 0 aliphatic rings. The first-order valence-electron chi connectivity index (χ1n) is 16.0. The molecule has 0 fully saturated rings. The Morgan fingerprint density at radius 3 is 1.52 bits per heavy atom. The fraction of sp³-hybridized carbons (Fsp3) is 0. The van der Waals surface area contributed by atoms with E-state index >= 15 is 0 Å². The minimum atomic E-state index is 0.557. The Labute approximate surface area is 277 Å². The van der Waals surface area contributed by atoms with Gasteiger partial charge in [-0.1, -0.05) is 133 Å². The lowest BCUT2D eigenvalue weighted by atomic mass is 10.0. The zero-order chi connectivity index (χ0) is 31.9. The van der Waals surface area contributed by atoms with Gasteiger partial charge in [-0.3, -0.25) is 0 Å². The highest BCUT2D eigenvalue weighted by molar-refractivity contribution is 6.23. The van der Waals surface area contributed by atoms with Crippen molar-refractivity contribution in [1.29, 1.82) is 0 Å². The van der Waals surface area contributed by atoms with E-state index in [4.69, 9.17) is 19.4 Å². The van der Waals surface area contributed by atoms with Crippen molar-refractivity contribution in [2.24, 2.45) is 0 Å². The van der Waals surface area contributed by atoms with Gasteiger partial charge in [0, 0.05) is 33.3 Å². The van der Waals surface area contributed by atoms with Gasteiger partial charge in [0.25, 0.3) is 0 Å². The van der Waals surface area contributed by atoms with Crippen LogP contribution in [0.15, 0.2) is 174 Å². The Kier molecular flexibility index (Phi) is 6.72. The minimum Gasteiger partial charge on any atom is -0.455 e. The van der Waals surface area contributed by atoms with Crippen molar-refractivity contribution in [3.8, 4) is 34.2 Å². The highest BCUT2D eigenvalue weighted by Gasteiger charge is 2.24. The van der Waals surface area contributed by atoms with Crippen LogP contribution in [-0.2, 0) is 0 Å². The molecule has 48 heavy (non-hydrogen) atoms. The smallest absolute Gasteiger partial charge is 0.167 e. The molecule has 0 N–H and O–H groups in total. The van der Waals surface area contributed by atoms with Gasteiger partial charge in [0.2, 0.25) is 0 Å². The Balaban J connectivity index is 1.35. The minimum absolute atomic E-state index is 0.557. The van der Waals surface area contributed by atoms with Crippen LogP contribution in [0.25, 0.3) is 66.9 Å². The molecule has 0 radical (unpaired) electrons. The predicted molar refractivity (Wildman–Crippen MR) is 196 cm³/mol. The summed E-state index contributed by atoms with van der Waals surface area (Å²) in [5.41, 5.74) is 7.35. The van der Waals surface area contributed by atoms with E-state index in [0.29, 0.717) is 17.5 Å². The molecular weight excluding hydrogens is 589 g/mol. The first kappa shape index (κ1) is 27.7. The van der Waals surface area contributed by atoms with Crippen molar-refractivity contribution in [1.82, 2.24) is 15.0 Å². The molecule has 9 aromatic rings. The molecule has 2 heterocycles. The van der Waals surface area contributed by atoms with Crippen LogP contribution in [0.3, 0.4) is 0 Å². The van der Waals surface area contributed by atoms with Crippen molar-refractivity contribution in [2.45, 2.75) is 0 Å². The first-order chi connectivity index (χ1) is 23.8. The van der Waals surface area contributed by atoms with Crippen LogP contribution in [0.5, 0.6) is 0 Å². The second kappa shape index (κ2) is 11.6. The van der Waals surface area contributed by atoms with E-state index in [1.807, 2.05) is 78.9 Å². The van der Waals surface area contributed by atoms with Gasteiger partial charge in [-0.25, -0.2) is 15.0 Å². The Hall–Kier alpha value is -6.59. The van der Waals surface area contributed by atoms with Crippen LogP contribution in [0.2, 0.25) is 0 Å². The standard InChI is InChI=1S/C43H28N4O/c1-5-16-29(17-6-1)41-44-42(30-18-7-2-8-19-30)46-43(45-41)36-27-15-26-35-38-37(28-31-20-13-14-25-34(31)40(38)48-39(35)36)47(32-21-9-3-10-22-32)33-23-11-4-12-24-33/h1-28H. The number of hydrogen-bond donors (Lipinski definition) is 0. The molecule has 7 aromatic carbocycles. The fourth-order valence-electron chi connectivity index (χ4n) is 6.48. The fourth-order valence-corrected chi connectivity index (χ4v) is 6.48. The second-order valence-electron chi connectivity index (χ2n) is 11.7. The Morgan fingerprint density at radius 1 is 0.417 bits per heavy atom. The first-order valence-corrected chi connectivity index (χ1v) is 16.0. The number of anilines is 3. The quantitative estimate of drug-likeness (QED) is 0.186. The average molecular weight is 617 g/mol. The van der Waals surface area contributed by atoms with Crippen molar-refractivity contribution in [3.05, 3.63) is 170 Å². The normalized spacial score (nSPS) is 11.3. The summed E-state index contributed by atoms with van der Waals surface area (Å²) in [6.45, 7) is 0. The third-order valence-electron chi connectivity index (χ3n) is 8.68. The maximum Gasteiger partial charge on any atom is 0.167 e. The van der Waals surface area contributed by atoms with E-state index in [1.165, 1.54) is 0 Å². The number of nitrogens with zero attached hydrogens (tertiary/aromatic N) is 4. The van der Waals surface area contributed by atoms with Crippen LogP contribution >= 0.6 is 0 Å². The molecule has 0 aliphatic heterocycles. The van der Waals surface area contributed by atoms with E-state index in [9.17, 15) is 0 Å². The van der Waals surface area contributed by atoms with Crippen molar-refractivity contribution >= 4 is 49.8 Å². The third-order valence-corrected chi connectivity index (χ3v) is 8.68. The van der Waals surface area contributed by atoms with Gasteiger partial charge < -0.3 is 9.32 Å². The molecule has 2 aromatic heterocycles. The number of aromatic nitrogens is 3. The summed E-state index contributed by atoms with van der Waals surface area (Å²) in [4.78, 5) is 17.3. The molecule has 0 bridgehead atoms. The second-order valence-corrected chi connectivity index (χ2v) is 11.7. The van der Waals surface area contributed by atoms with Gasteiger partial charge in [0.1, 0.15) is 11.2 Å². The summed E-state index contributed by atoms with van der Waals surface area (Å²) in [6, 6.07) is 57.9. The number of hydrogen-bond acceptors (Lipinski definition) is 5. The number of fused-ring (bicyclic) bond motifs is 5. The van der Waals surface area contributed by atoms with Gasteiger partial charge in [-0.15, -0.1) is 0 Å². The lowest BCUT2D eigenvalue weighted by Crippen LogP contribution is -2.10. The number of para-hydroxylation sites is 3. The van der Waals surface area contributed by atoms with Gasteiger partial charge in [-0.05, 0) is 41.8 Å². The third kappa shape index (κ3) is 4.77. The molecule has 0 spiro atoms. The van der Waals surface area contributed by atoms with Crippen molar-refractivity contribution in [3.63, 3.8) is 0 Å². The molecule has 0 atom stereocenters. The molecule has 0 aliphatic carbocycles. The van der Waals surface area contributed by atoms with Crippen LogP contribution in [0.1, 0.15) is 0 Å². The van der Waals surface area contributed by atoms with E-state index in [-0.39, 0.29) is 0 Å². The van der Waals surface area contributed by atoms with E-state index in [1.54, 1.807) is 0 Å². The van der Waals surface area contributed by atoms with E-state index in [0.717, 1.165) is 66.5 Å². The summed E-state index contributed by atoms with van der Waals surface area (Å²) in [7, 11) is 0. The number of benzene rings is 7. The van der Waals surface area contributed by atoms with Gasteiger partial charge in [-0.2, -0.15) is 0 Å². The van der Waals surface area contributed by atoms with Gasteiger partial charge >= 0.3 is 0 Å². The SMILES string of the molecule is c1ccc(-c2nc(-c3ccccc3)nc(-c3cccc4c3oc3c5ccccc5cc(N(c5ccccc5)c5ccccc5)c43)n2)cc1. The lowest BCUT2D eigenvalue weighted by Gasteiger charge is -2.26. The summed E-state index contributed by atoms with van der Waals surface area (Å²) in [5.74, 6) is 1.78. The topological polar surface area (TPSA) is 55.1 Å². The van der Waals surface area contributed by atoms with Crippen LogP contribution in [-0.4, -0.2) is 15.0 Å². The molecule has 9 rings (SSSR count). The number of furan rings is 1. The average Bonchev–Trinajstić information content (AvgIpc) is 3.57. The van der Waals surface area contributed by atoms with E-state index in [2.05, 4.69) is 95.9 Å². The number of rotatable bonds is 6. The highest BCUT2D eigenvalue weighted by Crippen LogP contribution is 2.47. The van der Waals surface area contributed by atoms with Crippen LogP contribution in [0.4, 0.5) is 17.1 Å². The Bertz CT molecular complexity index is 2450. The molecule has 5 heteroatoms. The molecule has 0 amide bonds. The van der Waals surface area contributed by atoms with Crippen LogP contribution in [0, 0.1) is 0 Å².